The highest BCUT2D eigenvalue weighted by molar-refractivity contribution is 14.1. The van der Waals surface area contributed by atoms with Crippen LogP contribution < -0.4 is 5.73 Å². The molecular formula is C36H34ClI2N7O5. The fourth-order valence-electron chi connectivity index (χ4n) is 7.23. The molecule has 0 bridgehead atoms. The monoisotopic (exact) mass is 933 g/mol. The minimum absolute atomic E-state index is 0.218. The molecule has 0 atom stereocenters. The van der Waals surface area contributed by atoms with Crippen molar-refractivity contribution in [1.29, 1.82) is 0 Å². The molecule has 264 valence electrons. The maximum atomic E-state index is 11.6. The molecule has 0 spiro atoms. The number of hydrogen-bond donors (Lipinski definition) is 3. The molecule has 3 aliphatic carbocycles. The number of nitrogens with two attached hydrogens (primary N) is 1. The lowest BCUT2D eigenvalue weighted by Crippen LogP contribution is -2.46. The van der Waals surface area contributed by atoms with Gasteiger partial charge in [0.1, 0.15) is 0 Å². The molecule has 9 rings (SSSR count). The van der Waals surface area contributed by atoms with Crippen molar-refractivity contribution < 1.29 is 24.6 Å². The number of primary amides is 1. The third kappa shape index (κ3) is 6.05. The molecule has 0 unspecified atom stereocenters. The largest absolute Gasteiger partial charge is 0.481 e. The molecule has 3 aliphatic rings. The van der Waals surface area contributed by atoms with Crippen molar-refractivity contribution in [3.8, 4) is 0 Å². The van der Waals surface area contributed by atoms with Gasteiger partial charge >= 0.3 is 11.9 Å². The summed E-state index contributed by atoms with van der Waals surface area (Å²) in [6.07, 6.45) is 18.3. The van der Waals surface area contributed by atoms with Crippen LogP contribution in [0.2, 0.25) is 5.02 Å². The standard InChI is InChI=1S/C12H11ClN2O2.C12H12IN3O.C12H11IN2O2/c13-9-6-14-15-7-8(2-3-10(9)15)12(11(16)17)4-1-5-12;13-9-6-15-16-7-8(2-3-10(9)16)12(11(14)17)4-1-5-12;13-9-6-14-15-7-8(2-3-10(9)15)12(11(16)17)4-1-5-12/h2-3,6-7H,1,4-5H2,(H,16,17);2-3,6-7H,1,4-5H2,(H2,14,17);2-3,6-7H,1,4-5H2,(H,16,17). The average molecular weight is 934 g/mol. The van der Waals surface area contributed by atoms with Crippen LogP contribution >= 0.6 is 56.8 Å². The Morgan fingerprint density at radius 1 is 0.608 bits per heavy atom. The minimum Gasteiger partial charge on any atom is -0.481 e. The molecular weight excluding hydrogens is 900 g/mol. The summed E-state index contributed by atoms with van der Waals surface area (Å²) in [5, 5.41) is 31.9. The number of pyridine rings is 3. The maximum absolute atomic E-state index is 11.6. The van der Waals surface area contributed by atoms with Crippen LogP contribution in [0, 0.1) is 7.14 Å². The van der Waals surface area contributed by atoms with E-state index in [1.54, 1.807) is 27.6 Å². The zero-order chi connectivity index (χ0) is 36.1. The third-order valence-corrected chi connectivity index (χ3v) is 12.9. The molecule has 4 N–H and O–H groups in total. The van der Waals surface area contributed by atoms with Crippen LogP contribution in [0.5, 0.6) is 0 Å². The number of carbonyl (C=O) groups is 3. The molecule has 15 heteroatoms. The summed E-state index contributed by atoms with van der Waals surface area (Å²) in [4.78, 5) is 34.4. The number of carbonyl (C=O) groups excluding carboxylic acids is 1. The maximum Gasteiger partial charge on any atom is 0.314 e. The first-order valence-electron chi connectivity index (χ1n) is 16.6. The Morgan fingerprint density at radius 3 is 1.31 bits per heavy atom. The summed E-state index contributed by atoms with van der Waals surface area (Å²) >= 11 is 10.4. The van der Waals surface area contributed by atoms with E-state index in [2.05, 4.69) is 60.5 Å². The van der Waals surface area contributed by atoms with Gasteiger partial charge < -0.3 is 15.9 Å². The number of carboxylic acid groups (broad SMARTS) is 2. The second kappa shape index (κ2) is 13.7. The van der Waals surface area contributed by atoms with Gasteiger partial charge in [-0.2, -0.15) is 15.3 Å². The molecule has 0 aromatic carbocycles. The van der Waals surface area contributed by atoms with Crippen molar-refractivity contribution in [3.05, 3.63) is 102 Å². The van der Waals surface area contributed by atoms with Gasteiger partial charge in [0.15, 0.2) is 0 Å². The lowest BCUT2D eigenvalue weighted by atomic mass is 9.64. The summed E-state index contributed by atoms with van der Waals surface area (Å²) in [6.45, 7) is 0. The Hall–Kier alpha value is -3.77. The molecule has 0 saturated heterocycles. The number of aromatic nitrogens is 6. The van der Waals surface area contributed by atoms with Gasteiger partial charge in [-0.25, -0.2) is 13.5 Å². The number of rotatable bonds is 6. The summed E-state index contributed by atoms with van der Waals surface area (Å²) in [6, 6.07) is 11.6. The van der Waals surface area contributed by atoms with Crippen LogP contribution in [0.1, 0.15) is 74.5 Å². The first kappa shape index (κ1) is 35.6. The van der Waals surface area contributed by atoms with Gasteiger partial charge in [0, 0.05) is 18.6 Å². The van der Waals surface area contributed by atoms with E-state index < -0.39 is 28.2 Å². The number of fused-ring (bicyclic) bond motifs is 3. The van der Waals surface area contributed by atoms with Crippen molar-refractivity contribution in [2.75, 3.05) is 0 Å². The van der Waals surface area contributed by atoms with E-state index in [4.69, 9.17) is 17.3 Å². The second-order valence-corrected chi connectivity index (χ2v) is 16.2. The van der Waals surface area contributed by atoms with Crippen molar-refractivity contribution >= 4 is 91.2 Å². The third-order valence-electron chi connectivity index (χ3n) is 11.0. The van der Waals surface area contributed by atoms with Crippen molar-refractivity contribution in [3.63, 3.8) is 0 Å². The first-order valence-corrected chi connectivity index (χ1v) is 19.1. The summed E-state index contributed by atoms with van der Waals surface area (Å²) < 4.78 is 7.41. The van der Waals surface area contributed by atoms with E-state index in [1.807, 2.05) is 59.5 Å². The van der Waals surface area contributed by atoms with E-state index in [0.29, 0.717) is 17.9 Å². The SMILES string of the molecule is NC(=O)C1(c2ccc3c(I)cnn3c2)CCC1.O=C(O)C1(c2ccc3c(Cl)cnn3c2)CCC1.O=C(O)C1(c2ccc3c(I)cnn3c2)CCC1. The zero-order valence-electron chi connectivity index (χ0n) is 27.3. The quantitative estimate of drug-likeness (QED) is 0.154. The molecule has 6 heterocycles. The second-order valence-electron chi connectivity index (χ2n) is 13.5. The molecule has 6 aromatic rings. The molecule has 12 nitrogen and oxygen atoms in total. The van der Waals surface area contributed by atoms with Crippen molar-refractivity contribution in [2.45, 2.75) is 74.0 Å². The van der Waals surface area contributed by atoms with Crippen LogP contribution in [-0.2, 0) is 30.6 Å². The number of nitrogens with zero attached hydrogens (tertiary/aromatic N) is 6. The molecule has 0 radical (unpaired) electrons. The van der Waals surface area contributed by atoms with Gasteiger partial charge in [0.25, 0.3) is 0 Å². The lowest BCUT2D eigenvalue weighted by molar-refractivity contribution is -0.148. The molecule has 51 heavy (non-hydrogen) atoms. The van der Waals surface area contributed by atoms with Crippen LogP contribution in [-0.4, -0.2) is 56.9 Å². The predicted octanol–water partition coefficient (Wildman–Crippen LogP) is 6.79. The van der Waals surface area contributed by atoms with E-state index in [1.165, 1.54) is 0 Å². The molecule has 0 aliphatic heterocycles. The summed E-state index contributed by atoms with van der Waals surface area (Å²) in [5.74, 6) is -1.68. The fourth-order valence-corrected chi connectivity index (χ4v) is 8.52. The van der Waals surface area contributed by atoms with Crippen LogP contribution in [0.25, 0.3) is 16.6 Å². The summed E-state index contributed by atoms with van der Waals surface area (Å²) in [7, 11) is 0. The molecule has 1 amide bonds. The fraction of sp³-hybridized carbons (Fsp3) is 0.333. The summed E-state index contributed by atoms with van der Waals surface area (Å²) in [5.41, 5.74) is 9.25. The normalized spacial score (nSPS) is 17.9. The van der Waals surface area contributed by atoms with Gasteiger partial charge in [0.05, 0.1) is 63.5 Å². The molecule has 3 saturated carbocycles. The Morgan fingerprint density at radius 2 is 0.961 bits per heavy atom. The lowest BCUT2D eigenvalue weighted by Gasteiger charge is -2.39. The Bertz CT molecular complexity index is 2060. The highest BCUT2D eigenvalue weighted by atomic mass is 127. The number of carboxylic acids is 2. The van der Waals surface area contributed by atoms with E-state index in [0.717, 1.165) is 85.3 Å². The smallest absolute Gasteiger partial charge is 0.314 e. The van der Waals surface area contributed by atoms with Gasteiger partial charge in [-0.1, -0.05) is 49.1 Å². The first-order chi connectivity index (χ1) is 24.4. The number of aliphatic carboxylic acids is 2. The van der Waals surface area contributed by atoms with Crippen molar-refractivity contribution in [1.82, 2.24) is 28.8 Å². The molecule has 3 fully saturated rings. The van der Waals surface area contributed by atoms with Gasteiger partial charge in [0.2, 0.25) is 5.91 Å². The van der Waals surface area contributed by atoms with E-state index in [9.17, 15) is 24.6 Å². The van der Waals surface area contributed by atoms with Gasteiger partial charge in [-0.15, -0.1) is 0 Å². The molecule has 6 aromatic heterocycles. The van der Waals surface area contributed by atoms with Crippen LogP contribution in [0.4, 0.5) is 0 Å². The minimum atomic E-state index is -0.749. The van der Waals surface area contributed by atoms with E-state index >= 15 is 0 Å². The zero-order valence-corrected chi connectivity index (χ0v) is 32.4. The highest BCUT2D eigenvalue weighted by Gasteiger charge is 2.47. The number of halogens is 3. The van der Waals surface area contributed by atoms with Gasteiger partial charge in [-0.3, -0.25) is 14.4 Å². The Labute approximate surface area is 324 Å². The number of amides is 1. The predicted molar refractivity (Wildman–Crippen MR) is 207 cm³/mol. The Balaban J connectivity index is 0.000000119. The highest BCUT2D eigenvalue weighted by Crippen LogP contribution is 2.46. The van der Waals surface area contributed by atoms with Crippen molar-refractivity contribution in [2.24, 2.45) is 5.73 Å². The van der Waals surface area contributed by atoms with Gasteiger partial charge in [-0.05, 0) is 119 Å². The Kier molecular flexibility index (Phi) is 9.54. The van der Waals surface area contributed by atoms with Crippen LogP contribution in [0.3, 0.4) is 0 Å². The average Bonchev–Trinajstić information content (AvgIpc) is 3.71. The van der Waals surface area contributed by atoms with Crippen LogP contribution in [0.15, 0.2) is 73.6 Å². The topological polar surface area (TPSA) is 170 Å². The van der Waals surface area contributed by atoms with E-state index in [-0.39, 0.29) is 5.91 Å². The number of hydrogen-bond acceptors (Lipinski definition) is 6.